The van der Waals surface area contributed by atoms with Gasteiger partial charge in [-0.3, -0.25) is 0 Å². The third-order valence-electron chi connectivity index (χ3n) is 2.09. The molecule has 0 aliphatic carbocycles. The van der Waals surface area contributed by atoms with Crippen molar-refractivity contribution in [2.24, 2.45) is 0 Å². The Bertz CT molecular complexity index is 474. The Hall–Kier alpha value is -1.30. The van der Waals surface area contributed by atoms with Crippen LogP contribution in [-0.4, -0.2) is 4.98 Å². The Morgan fingerprint density at radius 1 is 1.25 bits per heavy atom. The number of hydrogen-bond donors (Lipinski definition) is 1. The zero-order valence-corrected chi connectivity index (χ0v) is 10.7. The van der Waals surface area contributed by atoms with Gasteiger partial charge in [-0.1, -0.05) is 30.3 Å². The van der Waals surface area contributed by atoms with Crippen LogP contribution < -0.4 is 10.5 Å². The second-order valence-electron chi connectivity index (χ2n) is 3.31. The molecular weight excluding hydrogens is 315 g/mol. The van der Waals surface area contributed by atoms with E-state index < -0.39 is 0 Å². The lowest BCUT2D eigenvalue weighted by Crippen LogP contribution is -2.00. The molecule has 1 aromatic heterocycles. The first-order valence-corrected chi connectivity index (χ1v) is 5.91. The molecule has 0 saturated heterocycles. The van der Waals surface area contributed by atoms with Crippen molar-refractivity contribution in [1.82, 2.24) is 4.98 Å². The first-order chi connectivity index (χ1) is 7.75. The van der Waals surface area contributed by atoms with Gasteiger partial charge in [-0.25, -0.2) is 4.98 Å². The number of nitrogen functional groups attached to an aromatic ring is 1. The van der Waals surface area contributed by atoms with E-state index in [-0.39, 0.29) is 0 Å². The fraction of sp³-hybridized carbons (Fsp3) is 0.0833. The molecule has 0 amide bonds. The Balaban J connectivity index is 2.08. The number of pyridine rings is 1. The molecule has 82 valence electrons. The Kier molecular flexibility index (Phi) is 3.61. The number of rotatable bonds is 3. The van der Waals surface area contributed by atoms with Gasteiger partial charge in [0.05, 0.1) is 0 Å². The molecule has 0 spiro atoms. The molecule has 0 aliphatic heterocycles. The molecule has 0 atom stereocenters. The van der Waals surface area contributed by atoms with Crippen molar-refractivity contribution in [3.05, 3.63) is 51.7 Å². The van der Waals surface area contributed by atoms with Crippen molar-refractivity contribution in [3.8, 4) is 5.75 Å². The van der Waals surface area contributed by atoms with Gasteiger partial charge < -0.3 is 10.5 Å². The maximum absolute atomic E-state index is 5.71. The molecule has 3 nitrogen and oxygen atoms in total. The number of hydrogen-bond acceptors (Lipinski definition) is 3. The molecule has 0 saturated carbocycles. The van der Waals surface area contributed by atoms with Gasteiger partial charge in [0.25, 0.3) is 0 Å². The highest BCUT2D eigenvalue weighted by Crippen LogP contribution is 2.21. The predicted octanol–water partition coefficient (Wildman–Crippen LogP) is 2.85. The highest BCUT2D eigenvalue weighted by Gasteiger charge is 2.02. The third-order valence-corrected chi connectivity index (χ3v) is 2.68. The average molecular weight is 326 g/mol. The summed E-state index contributed by atoms with van der Waals surface area (Å²) in [4.78, 5) is 4.04. The number of ether oxygens (including phenoxy) is 1. The van der Waals surface area contributed by atoms with Crippen LogP contribution in [0, 0.1) is 3.57 Å². The van der Waals surface area contributed by atoms with Crippen LogP contribution in [0.5, 0.6) is 5.75 Å². The fourth-order valence-electron chi connectivity index (χ4n) is 1.28. The molecule has 0 aliphatic rings. The standard InChI is InChI=1S/C12H11IN2O/c13-10-6-11(12(14)15-7-10)16-8-9-4-2-1-3-5-9/h1-7H,8H2,(H2,14,15). The van der Waals surface area contributed by atoms with Crippen molar-refractivity contribution in [2.75, 3.05) is 5.73 Å². The summed E-state index contributed by atoms with van der Waals surface area (Å²) >= 11 is 2.18. The number of nitrogens with zero attached hydrogens (tertiary/aromatic N) is 1. The average Bonchev–Trinajstić information content (AvgIpc) is 2.32. The highest BCUT2D eigenvalue weighted by atomic mass is 127. The Morgan fingerprint density at radius 2 is 2.00 bits per heavy atom. The smallest absolute Gasteiger partial charge is 0.166 e. The van der Waals surface area contributed by atoms with Crippen molar-refractivity contribution >= 4 is 28.4 Å². The van der Waals surface area contributed by atoms with Gasteiger partial charge in [0.2, 0.25) is 0 Å². The summed E-state index contributed by atoms with van der Waals surface area (Å²) in [6, 6.07) is 11.8. The number of anilines is 1. The zero-order valence-electron chi connectivity index (χ0n) is 8.56. The maximum atomic E-state index is 5.71. The topological polar surface area (TPSA) is 48.1 Å². The summed E-state index contributed by atoms with van der Waals surface area (Å²) in [5.41, 5.74) is 6.83. The molecular formula is C12H11IN2O. The van der Waals surface area contributed by atoms with E-state index in [0.717, 1.165) is 9.13 Å². The minimum atomic E-state index is 0.427. The van der Waals surface area contributed by atoms with E-state index in [1.807, 2.05) is 36.4 Å². The molecule has 2 rings (SSSR count). The summed E-state index contributed by atoms with van der Waals surface area (Å²) in [5.74, 6) is 1.06. The second kappa shape index (κ2) is 5.16. The largest absolute Gasteiger partial charge is 0.485 e. The van der Waals surface area contributed by atoms with E-state index in [4.69, 9.17) is 10.5 Å². The minimum absolute atomic E-state index is 0.427. The number of nitrogens with two attached hydrogens (primary N) is 1. The van der Waals surface area contributed by atoms with Crippen LogP contribution in [-0.2, 0) is 6.61 Å². The van der Waals surface area contributed by atoms with E-state index >= 15 is 0 Å². The van der Waals surface area contributed by atoms with Crippen molar-refractivity contribution in [1.29, 1.82) is 0 Å². The van der Waals surface area contributed by atoms with Crippen LogP contribution >= 0.6 is 22.6 Å². The normalized spacial score (nSPS) is 10.1. The third kappa shape index (κ3) is 2.85. The van der Waals surface area contributed by atoms with E-state index in [2.05, 4.69) is 27.6 Å². The van der Waals surface area contributed by atoms with Gasteiger partial charge in [-0.15, -0.1) is 0 Å². The molecule has 2 N–H and O–H groups in total. The van der Waals surface area contributed by atoms with Crippen molar-refractivity contribution in [3.63, 3.8) is 0 Å². The van der Waals surface area contributed by atoms with Crippen LogP contribution in [0.2, 0.25) is 0 Å². The molecule has 2 aromatic rings. The van der Waals surface area contributed by atoms with Crippen LogP contribution in [0.15, 0.2) is 42.6 Å². The van der Waals surface area contributed by atoms with Gasteiger partial charge in [0.15, 0.2) is 11.6 Å². The molecule has 0 bridgehead atoms. The van der Waals surface area contributed by atoms with E-state index in [1.165, 1.54) is 0 Å². The molecule has 4 heteroatoms. The molecule has 1 heterocycles. The first-order valence-electron chi connectivity index (χ1n) is 4.83. The highest BCUT2D eigenvalue weighted by molar-refractivity contribution is 14.1. The van der Waals surface area contributed by atoms with Gasteiger partial charge in [-0.05, 0) is 34.2 Å². The SMILES string of the molecule is Nc1ncc(I)cc1OCc1ccccc1. The fourth-order valence-corrected chi connectivity index (χ4v) is 1.70. The van der Waals surface area contributed by atoms with Gasteiger partial charge in [-0.2, -0.15) is 0 Å². The Labute approximate surface area is 108 Å². The second-order valence-corrected chi connectivity index (χ2v) is 4.56. The quantitative estimate of drug-likeness (QED) is 0.883. The van der Waals surface area contributed by atoms with E-state index in [1.54, 1.807) is 6.20 Å². The predicted molar refractivity (Wildman–Crippen MR) is 72.1 cm³/mol. The number of aromatic nitrogens is 1. The lowest BCUT2D eigenvalue weighted by Gasteiger charge is -2.08. The lowest BCUT2D eigenvalue weighted by atomic mass is 10.2. The van der Waals surface area contributed by atoms with Crippen molar-refractivity contribution < 1.29 is 4.74 Å². The van der Waals surface area contributed by atoms with E-state index in [9.17, 15) is 0 Å². The first kappa shape index (κ1) is 11.2. The molecule has 16 heavy (non-hydrogen) atoms. The molecule has 0 fully saturated rings. The minimum Gasteiger partial charge on any atom is -0.485 e. The van der Waals surface area contributed by atoms with Crippen LogP contribution in [0.3, 0.4) is 0 Å². The molecule has 0 unspecified atom stereocenters. The summed E-state index contributed by atoms with van der Waals surface area (Å²) in [5, 5.41) is 0. The Morgan fingerprint density at radius 3 is 2.75 bits per heavy atom. The number of benzene rings is 1. The molecule has 0 radical (unpaired) electrons. The van der Waals surface area contributed by atoms with Gasteiger partial charge in [0.1, 0.15) is 6.61 Å². The van der Waals surface area contributed by atoms with Gasteiger partial charge >= 0.3 is 0 Å². The van der Waals surface area contributed by atoms with Crippen LogP contribution in [0.1, 0.15) is 5.56 Å². The monoisotopic (exact) mass is 326 g/mol. The lowest BCUT2D eigenvalue weighted by molar-refractivity contribution is 0.306. The molecule has 1 aromatic carbocycles. The summed E-state index contributed by atoms with van der Waals surface area (Å²) in [6.07, 6.45) is 1.71. The van der Waals surface area contributed by atoms with Crippen LogP contribution in [0.4, 0.5) is 5.82 Å². The van der Waals surface area contributed by atoms with E-state index in [0.29, 0.717) is 18.2 Å². The summed E-state index contributed by atoms with van der Waals surface area (Å²) in [7, 11) is 0. The number of halogens is 1. The summed E-state index contributed by atoms with van der Waals surface area (Å²) < 4.78 is 6.62. The summed E-state index contributed by atoms with van der Waals surface area (Å²) in [6.45, 7) is 0.507. The zero-order chi connectivity index (χ0) is 11.4. The van der Waals surface area contributed by atoms with Gasteiger partial charge in [0, 0.05) is 9.77 Å². The van der Waals surface area contributed by atoms with Crippen LogP contribution in [0.25, 0.3) is 0 Å². The van der Waals surface area contributed by atoms with Crippen molar-refractivity contribution in [2.45, 2.75) is 6.61 Å². The maximum Gasteiger partial charge on any atom is 0.166 e.